The molecule has 4 aliphatic rings. The first-order valence-electron chi connectivity index (χ1n) is 25.1. The fourth-order valence-corrected chi connectivity index (χ4v) is 14.9. The number of fused-ring (bicyclic) bond motifs is 18. The molecule has 11 aromatic rings. The Bertz CT molecular complexity index is 4170. The zero-order chi connectivity index (χ0) is 47.0. The number of hydrogen-bond donors (Lipinski definition) is 0. The van der Waals surface area contributed by atoms with E-state index >= 15 is 0 Å². The summed E-state index contributed by atoms with van der Waals surface area (Å²) < 4.78 is 12.0. The molecule has 5 heteroatoms. The van der Waals surface area contributed by atoms with Gasteiger partial charge in [-0.3, -0.25) is 0 Å². The Kier molecular flexibility index (Phi) is 7.48. The smallest absolute Gasteiger partial charge is 0.333 e. The van der Waals surface area contributed by atoms with Gasteiger partial charge >= 0.3 is 6.85 Å². The number of hydrogen-bond acceptors (Lipinski definition) is 3. The molecule has 0 fully saturated rings. The number of para-hydroxylation sites is 1. The molecule has 0 spiro atoms. The van der Waals surface area contributed by atoms with Crippen LogP contribution < -0.4 is 15.7 Å². The molecular formula is C64H55BN2OS. The Morgan fingerprint density at radius 3 is 2.03 bits per heavy atom. The third kappa shape index (κ3) is 5.09. The van der Waals surface area contributed by atoms with Crippen molar-refractivity contribution in [3.63, 3.8) is 0 Å². The van der Waals surface area contributed by atoms with Crippen LogP contribution in [0.1, 0.15) is 109 Å². The summed E-state index contributed by atoms with van der Waals surface area (Å²) >= 11 is 1.91. The molecule has 0 amide bonds. The summed E-state index contributed by atoms with van der Waals surface area (Å²) in [5, 5.41) is 7.53. The maximum absolute atomic E-state index is 6.66. The van der Waals surface area contributed by atoms with Gasteiger partial charge in [-0.25, -0.2) is 0 Å². The molecule has 2 aliphatic heterocycles. The number of aryl methyl sites for hydroxylation is 1. The number of aromatic nitrogens is 1. The summed E-state index contributed by atoms with van der Waals surface area (Å²) in [7, 11) is 0. The zero-order valence-corrected chi connectivity index (χ0v) is 42.1. The number of nitrogens with zero attached hydrogens (tertiary/aromatic N) is 2. The zero-order valence-electron chi connectivity index (χ0n) is 41.3. The van der Waals surface area contributed by atoms with Crippen molar-refractivity contribution >= 4 is 104 Å². The van der Waals surface area contributed by atoms with Crippen LogP contribution in [0.4, 0.5) is 11.4 Å². The molecule has 8 aromatic carbocycles. The van der Waals surface area contributed by atoms with E-state index < -0.39 is 0 Å². The summed E-state index contributed by atoms with van der Waals surface area (Å²) in [5.74, 6) is 0. The van der Waals surface area contributed by atoms with E-state index in [1.807, 2.05) is 11.3 Å². The van der Waals surface area contributed by atoms with Gasteiger partial charge in [0.1, 0.15) is 11.2 Å². The highest BCUT2D eigenvalue weighted by Gasteiger charge is 2.48. The predicted molar refractivity (Wildman–Crippen MR) is 296 cm³/mol. The summed E-state index contributed by atoms with van der Waals surface area (Å²) in [6.07, 6.45) is 2.40. The molecule has 0 saturated carbocycles. The Morgan fingerprint density at radius 2 is 1.26 bits per heavy atom. The van der Waals surface area contributed by atoms with Crippen molar-refractivity contribution in [2.24, 2.45) is 0 Å². The van der Waals surface area contributed by atoms with Crippen molar-refractivity contribution in [2.75, 3.05) is 4.81 Å². The van der Waals surface area contributed by atoms with Gasteiger partial charge in [-0.05, 0) is 158 Å². The standard InChI is InChI=1S/C64H55BN2OS/c1-34-25-44-41-26-39-40-27-48-49(63(7,8)24-23-62(48,5)6)31-46(40)64(9,10)47(39)32-52(41)67(36-21-19-35(20-22-36)61(2,3)4)65-50-28-43-38-16-12-14-18-56(38)69-57(43)33-53(50)66-51-29-42-37-15-11-13-17-54(37)68-55(42)30-45(51)58(34)60(66)59(44)65/h11-22,25-33H,23-24H2,1-10H3. The van der Waals surface area contributed by atoms with Crippen LogP contribution in [0.25, 0.3) is 91.9 Å². The van der Waals surface area contributed by atoms with Crippen molar-refractivity contribution in [2.45, 2.75) is 104 Å². The van der Waals surface area contributed by atoms with Crippen LogP contribution in [0.5, 0.6) is 0 Å². The van der Waals surface area contributed by atoms with Gasteiger partial charge in [-0.1, -0.05) is 129 Å². The molecule has 69 heavy (non-hydrogen) atoms. The second-order valence-electron chi connectivity index (χ2n) is 24.0. The Labute approximate surface area is 408 Å². The lowest BCUT2D eigenvalue weighted by molar-refractivity contribution is 0.331. The molecule has 15 rings (SSSR count). The maximum atomic E-state index is 6.66. The first-order valence-corrected chi connectivity index (χ1v) is 26.0. The summed E-state index contributed by atoms with van der Waals surface area (Å²) in [5.41, 5.74) is 25.0. The fraction of sp³-hybridized carbons (Fsp3) is 0.250. The molecule has 0 unspecified atom stereocenters. The summed E-state index contributed by atoms with van der Waals surface area (Å²) in [6, 6.07) is 50.0. The van der Waals surface area contributed by atoms with E-state index in [4.69, 9.17) is 4.42 Å². The summed E-state index contributed by atoms with van der Waals surface area (Å²) in [4.78, 5) is 2.75. The molecule has 0 radical (unpaired) electrons. The van der Waals surface area contributed by atoms with Gasteiger partial charge in [-0.15, -0.1) is 11.3 Å². The van der Waals surface area contributed by atoms with Crippen LogP contribution in [0, 0.1) is 6.92 Å². The van der Waals surface area contributed by atoms with Gasteiger partial charge in [0.25, 0.3) is 0 Å². The Balaban J connectivity index is 1.10. The van der Waals surface area contributed by atoms with E-state index in [0.29, 0.717) is 0 Å². The number of rotatable bonds is 1. The predicted octanol–water partition coefficient (Wildman–Crippen LogP) is 16.6. The van der Waals surface area contributed by atoms with E-state index in [2.05, 4.69) is 206 Å². The molecule has 0 saturated heterocycles. The van der Waals surface area contributed by atoms with E-state index in [-0.39, 0.29) is 28.5 Å². The van der Waals surface area contributed by atoms with Gasteiger partial charge in [0.05, 0.1) is 11.0 Å². The lowest BCUT2D eigenvalue weighted by atomic mass is 9.43. The molecule has 0 bridgehead atoms. The van der Waals surface area contributed by atoms with Crippen LogP contribution in [-0.2, 0) is 21.7 Å². The first kappa shape index (κ1) is 40.3. The normalized spacial score (nSPS) is 17.0. The minimum absolute atomic E-state index is 0.0298. The average molecular weight is 911 g/mol. The minimum atomic E-state index is -0.186. The number of anilines is 2. The van der Waals surface area contributed by atoms with Crippen LogP contribution in [0.2, 0.25) is 0 Å². The van der Waals surface area contributed by atoms with Gasteiger partial charge < -0.3 is 13.8 Å². The third-order valence-electron chi connectivity index (χ3n) is 17.7. The minimum Gasteiger partial charge on any atom is -0.456 e. The molecule has 336 valence electrons. The van der Waals surface area contributed by atoms with Crippen molar-refractivity contribution in [1.82, 2.24) is 4.57 Å². The van der Waals surface area contributed by atoms with Crippen LogP contribution in [0.15, 0.2) is 132 Å². The molecule has 3 aromatic heterocycles. The van der Waals surface area contributed by atoms with Crippen molar-refractivity contribution in [1.29, 1.82) is 0 Å². The topological polar surface area (TPSA) is 21.3 Å². The molecule has 0 N–H and O–H groups in total. The second-order valence-corrected chi connectivity index (χ2v) is 25.1. The highest BCUT2D eigenvalue weighted by molar-refractivity contribution is 7.26. The highest BCUT2D eigenvalue weighted by Crippen LogP contribution is 2.58. The molecule has 2 aliphatic carbocycles. The van der Waals surface area contributed by atoms with Crippen molar-refractivity contribution in [3.05, 3.63) is 161 Å². The number of benzene rings is 8. The van der Waals surface area contributed by atoms with E-state index in [9.17, 15) is 0 Å². The third-order valence-corrected chi connectivity index (χ3v) is 18.8. The Morgan fingerprint density at radius 1 is 0.565 bits per heavy atom. The van der Waals surface area contributed by atoms with Crippen LogP contribution in [0.3, 0.4) is 0 Å². The van der Waals surface area contributed by atoms with Gasteiger partial charge in [0.15, 0.2) is 0 Å². The molecule has 3 nitrogen and oxygen atoms in total. The van der Waals surface area contributed by atoms with Crippen LogP contribution in [-0.4, -0.2) is 11.4 Å². The van der Waals surface area contributed by atoms with E-state index in [0.717, 1.165) is 21.9 Å². The second kappa shape index (κ2) is 12.8. The lowest BCUT2D eigenvalue weighted by Crippen LogP contribution is -2.60. The quantitative estimate of drug-likeness (QED) is 0.153. The van der Waals surface area contributed by atoms with Gasteiger partial charge in [0, 0.05) is 69.8 Å². The lowest BCUT2D eigenvalue weighted by Gasteiger charge is -2.43. The van der Waals surface area contributed by atoms with Gasteiger partial charge in [-0.2, -0.15) is 0 Å². The average Bonchev–Trinajstić information content (AvgIpc) is 4.04. The maximum Gasteiger partial charge on any atom is 0.333 e. The number of thiophene rings is 1. The van der Waals surface area contributed by atoms with Crippen molar-refractivity contribution < 1.29 is 4.42 Å². The fourth-order valence-electron chi connectivity index (χ4n) is 13.8. The Hall–Kier alpha value is -6.56. The number of furan rings is 1. The monoisotopic (exact) mass is 910 g/mol. The first-order chi connectivity index (χ1) is 33.0. The molecule has 0 atom stereocenters. The highest BCUT2D eigenvalue weighted by atomic mass is 32.1. The van der Waals surface area contributed by atoms with Crippen molar-refractivity contribution in [3.8, 4) is 27.9 Å². The van der Waals surface area contributed by atoms with Crippen LogP contribution >= 0.6 is 11.3 Å². The van der Waals surface area contributed by atoms with Gasteiger partial charge in [0.2, 0.25) is 0 Å². The van der Waals surface area contributed by atoms with E-state index in [1.54, 1.807) is 0 Å². The molecule has 5 heterocycles. The SMILES string of the molecule is Cc1cc2c3c4c1c1cc5oc6ccccc6c5cc1n4-c1cc4sc5ccccc5c4cc1B3N(c1ccc(C(C)(C)C)cc1)c1cc3c(cc1-2)-c1cc2c(cc1C3(C)C)C(C)(C)CCC2(C)C. The largest absolute Gasteiger partial charge is 0.456 e. The molecular weight excluding hydrogens is 856 g/mol. The van der Waals surface area contributed by atoms with E-state index in [1.165, 1.54) is 138 Å². The summed E-state index contributed by atoms with van der Waals surface area (Å²) in [6.45, 7) is 24.1.